The second-order valence-corrected chi connectivity index (χ2v) is 9.37. The lowest BCUT2D eigenvalue weighted by atomic mass is 9.80. The van der Waals surface area contributed by atoms with Gasteiger partial charge in [0.25, 0.3) is 0 Å². The van der Waals surface area contributed by atoms with Crippen molar-refractivity contribution < 1.29 is 39.6 Å². The third-order valence-electron chi connectivity index (χ3n) is 5.10. The number of rotatable bonds is 5. The molecule has 1 aromatic carbocycles. The van der Waals surface area contributed by atoms with E-state index in [4.69, 9.17) is 0 Å². The summed E-state index contributed by atoms with van der Waals surface area (Å²) >= 11 is 0. The summed E-state index contributed by atoms with van der Waals surface area (Å²) in [5.74, 6) is -1.14. The molecule has 3 rings (SSSR count). The standard InChI is InChI=1S/C18H16F6N2O3S/c1-26-12(9-16(25-26)18(22,23)24)8-15(27)10-5-14(6-10)30(28,29)13-4-2-3-11(7-13)17(19,20)21/h2-4,7,9-10,14H,5-6,8H2,1H3. The molecule has 0 N–H and O–H groups in total. The van der Waals surface area contributed by atoms with Gasteiger partial charge in [-0.05, 0) is 37.1 Å². The van der Waals surface area contributed by atoms with Gasteiger partial charge in [-0.1, -0.05) is 6.07 Å². The molecule has 0 spiro atoms. The Morgan fingerprint density at radius 3 is 2.27 bits per heavy atom. The molecule has 2 aromatic rings. The smallest absolute Gasteiger partial charge is 0.299 e. The number of hydrogen-bond donors (Lipinski definition) is 0. The largest absolute Gasteiger partial charge is 0.435 e. The minimum absolute atomic E-state index is 0.0384. The van der Waals surface area contributed by atoms with E-state index in [1.165, 1.54) is 7.05 Å². The molecule has 0 saturated heterocycles. The van der Waals surface area contributed by atoms with E-state index in [0.29, 0.717) is 6.07 Å². The van der Waals surface area contributed by atoms with Crippen molar-refractivity contribution in [3.05, 3.63) is 47.3 Å². The molecule has 0 atom stereocenters. The number of hydrogen-bond acceptors (Lipinski definition) is 4. The summed E-state index contributed by atoms with van der Waals surface area (Å²) < 4.78 is 103. The van der Waals surface area contributed by atoms with Crippen molar-refractivity contribution in [3.63, 3.8) is 0 Å². The van der Waals surface area contributed by atoms with Crippen molar-refractivity contribution >= 4 is 15.6 Å². The normalized spacial score (nSPS) is 20.1. The van der Waals surface area contributed by atoms with Gasteiger partial charge in [-0.3, -0.25) is 9.48 Å². The molecule has 1 heterocycles. The lowest BCUT2D eigenvalue weighted by Crippen LogP contribution is -2.40. The molecule has 0 aliphatic heterocycles. The van der Waals surface area contributed by atoms with Crippen LogP contribution in [0.2, 0.25) is 0 Å². The number of nitrogens with zero attached hydrogens (tertiary/aromatic N) is 2. The maximum atomic E-state index is 12.8. The molecule has 0 bridgehead atoms. The van der Waals surface area contributed by atoms with Gasteiger partial charge in [0, 0.05) is 25.1 Å². The van der Waals surface area contributed by atoms with E-state index in [2.05, 4.69) is 5.10 Å². The molecule has 1 fully saturated rings. The highest BCUT2D eigenvalue weighted by molar-refractivity contribution is 7.92. The van der Waals surface area contributed by atoms with Gasteiger partial charge in [-0.2, -0.15) is 31.4 Å². The fraction of sp³-hybridized carbons (Fsp3) is 0.444. The topological polar surface area (TPSA) is 69.0 Å². The Labute approximate surface area is 167 Å². The lowest BCUT2D eigenvalue weighted by molar-refractivity contribution is -0.141. The summed E-state index contributed by atoms with van der Waals surface area (Å²) in [6, 6.07) is 4.13. The predicted molar refractivity (Wildman–Crippen MR) is 92.1 cm³/mol. The van der Waals surface area contributed by atoms with Gasteiger partial charge in [-0.25, -0.2) is 8.42 Å². The first-order chi connectivity index (χ1) is 13.7. The zero-order chi connectivity index (χ0) is 22.5. The van der Waals surface area contributed by atoms with Crippen LogP contribution >= 0.6 is 0 Å². The van der Waals surface area contributed by atoms with Crippen LogP contribution in [0.4, 0.5) is 26.3 Å². The van der Waals surface area contributed by atoms with Gasteiger partial charge >= 0.3 is 12.4 Å². The van der Waals surface area contributed by atoms with E-state index in [-0.39, 0.29) is 25.0 Å². The van der Waals surface area contributed by atoms with Gasteiger partial charge in [0.15, 0.2) is 15.5 Å². The Morgan fingerprint density at radius 1 is 1.10 bits per heavy atom. The summed E-state index contributed by atoms with van der Waals surface area (Å²) in [6.45, 7) is 0. The van der Waals surface area contributed by atoms with Crippen molar-refractivity contribution in [1.29, 1.82) is 0 Å². The summed E-state index contributed by atoms with van der Waals surface area (Å²) in [4.78, 5) is 11.9. The SMILES string of the molecule is Cn1nc(C(F)(F)F)cc1CC(=O)C1CC(S(=O)(=O)c2cccc(C(F)(F)F)c2)C1. The van der Waals surface area contributed by atoms with E-state index in [0.717, 1.165) is 28.9 Å². The Morgan fingerprint density at radius 2 is 1.73 bits per heavy atom. The molecule has 1 saturated carbocycles. The molecule has 1 aromatic heterocycles. The number of carbonyl (C=O) groups excluding carboxylic acids is 1. The van der Waals surface area contributed by atoms with E-state index in [1.807, 2.05) is 0 Å². The molecule has 30 heavy (non-hydrogen) atoms. The minimum atomic E-state index is -4.69. The maximum Gasteiger partial charge on any atom is 0.435 e. The Hall–Kier alpha value is -2.37. The van der Waals surface area contributed by atoms with E-state index in [9.17, 15) is 39.6 Å². The van der Waals surface area contributed by atoms with Crippen LogP contribution in [0.15, 0.2) is 35.2 Å². The Balaban J connectivity index is 1.67. The molecule has 1 aliphatic carbocycles. The van der Waals surface area contributed by atoms with E-state index < -0.39 is 55.3 Å². The molecule has 0 unspecified atom stereocenters. The molecule has 0 amide bonds. The zero-order valence-corrected chi connectivity index (χ0v) is 16.3. The van der Waals surface area contributed by atoms with Gasteiger partial charge in [-0.15, -0.1) is 0 Å². The van der Waals surface area contributed by atoms with Gasteiger partial charge < -0.3 is 0 Å². The van der Waals surface area contributed by atoms with Crippen LogP contribution in [0, 0.1) is 5.92 Å². The fourth-order valence-electron chi connectivity index (χ4n) is 3.26. The van der Waals surface area contributed by atoms with Crippen molar-refractivity contribution in [1.82, 2.24) is 9.78 Å². The van der Waals surface area contributed by atoms with Crippen LogP contribution in [0.1, 0.15) is 29.8 Å². The number of benzene rings is 1. The third-order valence-corrected chi connectivity index (χ3v) is 7.27. The number of sulfone groups is 1. The van der Waals surface area contributed by atoms with Crippen LogP contribution in [0.3, 0.4) is 0 Å². The van der Waals surface area contributed by atoms with Crippen LogP contribution in [0.25, 0.3) is 0 Å². The fourth-order valence-corrected chi connectivity index (χ4v) is 5.17. The summed E-state index contributed by atoms with van der Waals surface area (Å²) in [5, 5.41) is 2.29. The highest BCUT2D eigenvalue weighted by Gasteiger charge is 2.43. The van der Waals surface area contributed by atoms with Gasteiger partial charge in [0.05, 0.1) is 15.7 Å². The van der Waals surface area contributed by atoms with Crippen LogP contribution in [-0.2, 0) is 40.5 Å². The number of ketones is 1. The van der Waals surface area contributed by atoms with Crippen LogP contribution < -0.4 is 0 Å². The van der Waals surface area contributed by atoms with Gasteiger partial charge in [0.2, 0.25) is 0 Å². The van der Waals surface area contributed by atoms with Crippen LogP contribution in [-0.4, -0.2) is 29.2 Å². The monoisotopic (exact) mass is 454 g/mol. The molecule has 12 heteroatoms. The van der Waals surface area contributed by atoms with E-state index in [1.54, 1.807) is 0 Å². The number of halogens is 6. The average Bonchev–Trinajstić information content (AvgIpc) is 2.93. The quantitative estimate of drug-likeness (QED) is 0.645. The highest BCUT2D eigenvalue weighted by atomic mass is 32.2. The molecular weight excluding hydrogens is 438 g/mol. The first-order valence-electron chi connectivity index (χ1n) is 8.73. The summed E-state index contributed by atoms with van der Waals surface area (Å²) in [5.41, 5.74) is -2.19. The van der Waals surface area contributed by atoms with Crippen molar-refractivity contribution in [3.8, 4) is 0 Å². The first kappa shape index (κ1) is 22.3. The molecule has 1 aliphatic rings. The second-order valence-electron chi connectivity index (χ2n) is 7.15. The van der Waals surface area contributed by atoms with Crippen LogP contribution in [0.5, 0.6) is 0 Å². The zero-order valence-electron chi connectivity index (χ0n) is 15.5. The molecular formula is C18H16F6N2O3S. The average molecular weight is 454 g/mol. The number of alkyl halides is 6. The third kappa shape index (κ3) is 4.37. The summed E-state index contributed by atoms with van der Waals surface area (Å²) in [7, 11) is -2.80. The number of aryl methyl sites for hydroxylation is 1. The summed E-state index contributed by atoms with van der Waals surface area (Å²) in [6.07, 6.45) is -9.88. The minimum Gasteiger partial charge on any atom is -0.299 e. The number of Topliss-reactive ketones (excluding diaryl/α,β-unsaturated/α-hetero) is 1. The highest BCUT2D eigenvalue weighted by Crippen LogP contribution is 2.39. The Bertz CT molecular complexity index is 1070. The maximum absolute atomic E-state index is 12.8. The molecule has 164 valence electrons. The predicted octanol–water partition coefficient (Wildman–Crippen LogP) is 3.82. The Kier molecular flexibility index (Phi) is 5.50. The van der Waals surface area contributed by atoms with E-state index >= 15 is 0 Å². The molecule has 5 nitrogen and oxygen atoms in total. The lowest BCUT2D eigenvalue weighted by Gasteiger charge is -2.33. The van der Waals surface area contributed by atoms with Gasteiger partial charge in [0.1, 0.15) is 5.78 Å². The van der Waals surface area contributed by atoms with Crippen molar-refractivity contribution in [2.45, 2.75) is 41.8 Å². The number of carbonyl (C=O) groups is 1. The molecule has 0 radical (unpaired) electrons. The van der Waals surface area contributed by atoms with Crippen molar-refractivity contribution in [2.24, 2.45) is 13.0 Å². The first-order valence-corrected chi connectivity index (χ1v) is 10.3. The second kappa shape index (κ2) is 7.40. The number of aromatic nitrogens is 2. The van der Waals surface area contributed by atoms with Crippen molar-refractivity contribution in [2.75, 3.05) is 0 Å².